The molecule has 1 aliphatic rings. The molecular weight excluding hydrogens is 124 g/mol. The summed E-state index contributed by atoms with van der Waals surface area (Å²) in [6.07, 6.45) is 5.56. The largest absolute Gasteiger partial charge is 0.366 e. The van der Waals surface area contributed by atoms with E-state index in [9.17, 15) is 0 Å². The van der Waals surface area contributed by atoms with Crippen LogP contribution in [0.15, 0.2) is 0 Å². The molecule has 0 aromatic rings. The zero-order valence-corrected chi connectivity index (χ0v) is 7.31. The number of ether oxygens (including phenoxy) is 1. The molecule has 1 heterocycles. The van der Waals surface area contributed by atoms with Crippen LogP contribution in [0.4, 0.5) is 0 Å². The zero-order valence-electron chi connectivity index (χ0n) is 7.31. The van der Waals surface area contributed by atoms with E-state index in [2.05, 4.69) is 20.8 Å². The molecule has 0 spiro atoms. The number of hydrogen-bond acceptors (Lipinski definition) is 1. The normalized spacial score (nSPS) is 38.1. The first-order chi connectivity index (χ1) is 4.73. The van der Waals surface area contributed by atoms with Crippen LogP contribution in [-0.4, -0.2) is 11.7 Å². The Hall–Kier alpha value is -0.0400. The van der Waals surface area contributed by atoms with Crippen molar-refractivity contribution in [3.63, 3.8) is 0 Å². The van der Waals surface area contributed by atoms with Crippen molar-refractivity contribution >= 4 is 0 Å². The minimum absolute atomic E-state index is 0.269. The molecule has 1 fully saturated rings. The molecule has 0 radical (unpaired) electrons. The van der Waals surface area contributed by atoms with Gasteiger partial charge in [0.2, 0.25) is 0 Å². The first-order valence-corrected chi connectivity index (χ1v) is 4.40. The molecule has 0 aromatic carbocycles. The number of rotatable bonds is 4. The van der Waals surface area contributed by atoms with E-state index < -0.39 is 0 Å². The van der Waals surface area contributed by atoms with Gasteiger partial charge in [0.05, 0.1) is 11.7 Å². The third-order valence-corrected chi connectivity index (χ3v) is 2.33. The molecule has 1 rings (SSSR count). The fourth-order valence-corrected chi connectivity index (χ4v) is 1.63. The molecule has 0 bridgehead atoms. The predicted molar refractivity (Wildman–Crippen MR) is 43.1 cm³/mol. The fourth-order valence-electron chi connectivity index (χ4n) is 1.63. The summed E-state index contributed by atoms with van der Waals surface area (Å²) in [4.78, 5) is 0. The summed E-state index contributed by atoms with van der Waals surface area (Å²) < 4.78 is 5.59. The van der Waals surface area contributed by atoms with E-state index in [0.717, 1.165) is 0 Å². The van der Waals surface area contributed by atoms with Crippen LogP contribution in [0.3, 0.4) is 0 Å². The van der Waals surface area contributed by atoms with E-state index in [1.807, 2.05) is 0 Å². The quantitative estimate of drug-likeness (QED) is 0.550. The lowest BCUT2D eigenvalue weighted by Gasteiger charge is -2.01. The molecule has 1 aliphatic heterocycles. The van der Waals surface area contributed by atoms with Gasteiger partial charge in [-0.15, -0.1) is 0 Å². The highest BCUT2D eigenvalue weighted by Gasteiger charge is 2.49. The van der Waals surface area contributed by atoms with Crippen LogP contribution in [0.5, 0.6) is 0 Å². The minimum atomic E-state index is 0.269. The van der Waals surface area contributed by atoms with Crippen molar-refractivity contribution in [2.75, 3.05) is 0 Å². The van der Waals surface area contributed by atoms with E-state index in [0.29, 0.717) is 6.10 Å². The summed E-state index contributed by atoms with van der Waals surface area (Å²) in [5, 5.41) is 0. The molecule has 2 atom stereocenters. The van der Waals surface area contributed by atoms with Crippen LogP contribution in [0.25, 0.3) is 0 Å². The van der Waals surface area contributed by atoms with E-state index in [1.54, 1.807) is 0 Å². The monoisotopic (exact) mass is 142 g/mol. The SMILES string of the molecule is CCCC1OC1(C)CCC. The highest BCUT2D eigenvalue weighted by atomic mass is 16.6. The predicted octanol–water partition coefficient (Wildman–Crippen LogP) is 2.74. The van der Waals surface area contributed by atoms with Gasteiger partial charge in [-0.3, -0.25) is 0 Å². The van der Waals surface area contributed by atoms with Crippen LogP contribution < -0.4 is 0 Å². The maximum Gasteiger partial charge on any atom is 0.0920 e. The van der Waals surface area contributed by atoms with Gasteiger partial charge in [-0.05, 0) is 19.8 Å². The highest BCUT2D eigenvalue weighted by Crippen LogP contribution is 2.42. The first-order valence-electron chi connectivity index (χ1n) is 4.40. The second-order valence-corrected chi connectivity index (χ2v) is 3.46. The van der Waals surface area contributed by atoms with Gasteiger partial charge in [-0.1, -0.05) is 26.7 Å². The maximum atomic E-state index is 5.59. The second kappa shape index (κ2) is 2.91. The summed E-state index contributed by atoms with van der Waals surface area (Å²) in [6.45, 7) is 6.67. The fraction of sp³-hybridized carbons (Fsp3) is 1.00. The Bertz CT molecular complexity index is 111. The molecule has 0 aromatic heterocycles. The van der Waals surface area contributed by atoms with Gasteiger partial charge in [0.1, 0.15) is 0 Å². The summed E-state index contributed by atoms with van der Waals surface area (Å²) in [5.41, 5.74) is 0.269. The van der Waals surface area contributed by atoms with E-state index in [4.69, 9.17) is 4.74 Å². The molecule has 1 heteroatoms. The molecule has 2 unspecified atom stereocenters. The van der Waals surface area contributed by atoms with E-state index in [-0.39, 0.29) is 5.60 Å². The van der Waals surface area contributed by atoms with Crippen molar-refractivity contribution in [2.24, 2.45) is 0 Å². The topological polar surface area (TPSA) is 12.5 Å². The average molecular weight is 142 g/mol. The van der Waals surface area contributed by atoms with Crippen molar-refractivity contribution in [2.45, 2.75) is 58.2 Å². The Morgan fingerprint density at radius 3 is 2.50 bits per heavy atom. The Kier molecular flexibility index (Phi) is 2.35. The summed E-state index contributed by atoms with van der Waals surface area (Å²) in [7, 11) is 0. The van der Waals surface area contributed by atoms with Gasteiger partial charge >= 0.3 is 0 Å². The maximum absolute atomic E-state index is 5.59. The van der Waals surface area contributed by atoms with Gasteiger partial charge in [0.15, 0.2) is 0 Å². The molecule has 10 heavy (non-hydrogen) atoms. The Morgan fingerprint density at radius 1 is 1.30 bits per heavy atom. The molecule has 0 amide bonds. The van der Waals surface area contributed by atoms with Gasteiger partial charge < -0.3 is 4.74 Å². The zero-order chi connectivity index (χ0) is 7.61. The third-order valence-electron chi connectivity index (χ3n) is 2.33. The average Bonchev–Trinajstić information content (AvgIpc) is 2.44. The molecule has 0 N–H and O–H groups in total. The van der Waals surface area contributed by atoms with Crippen molar-refractivity contribution in [1.29, 1.82) is 0 Å². The summed E-state index contributed by atoms with van der Waals surface area (Å²) >= 11 is 0. The van der Waals surface area contributed by atoms with Gasteiger partial charge in [0.25, 0.3) is 0 Å². The Labute approximate surface area is 63.8 Å². The minimum Gasteiger partial charge on any atom is -0.366 e. The van der Waals surface area contributed by atoms with Crippen molar-refractivity contribution in [3.8, 4) is 0 Å². The molecule has 0 saturated carbocycles. The summed E-state index contributed by atoms with van der Waals surface area (Å²) in [5.74, 6) is 0. The standard InChI is InChI=1S/C9H18O/c1-4-6-8-9(3,10-8)7-5-2/h8H,4-7H2,1-3H3. The smallest absolute Gasteiger partial charge is 0.0920 e. The second-order valence-electron chi connectivity index (χ2n) is 3.46. The van der Waals surface area contributed by atoms with Crippen LogP contribution >= 0.6 is 0 Å². The molecule has 1 saturated heterocycles. The van der Waals surface area contributed by atoms with Crippen molar-refractivity contribution in [1.82, 2.24) is 0 Å². The highest BCUT2D eigenvalue weighted by molar-refractivity contribution is 4.97. The lowest BCUT2D eigenvalue weighted by atomic mass is 9.99. The third kappa shape index (κ3) is 1.51. The van der Waals surface area contributed by atoms with E-state index in [1.165, 1.54) is 25.7 Å². The van der Waals surface area contributed by atoms with Gasteiger partial charge in [-0.25, -0.2) is 0 Å². The first kappa shape index (κ1) is 8.06. The van der Waals surface area contributed by atoms with Crippen molar-refractivity contribution in [3.05, 3.63) is 0 Å². The molecule has 60 valence electrons. The molecular formula is C9H18O. The molecule has 0 aliphatic carbocycles. The van der Waals surface area contributed by atoms with Crippen molar-refractivity contribution < 1.29 is 4.74 Å². The van der Waals surface area contributed by atoms with E-state index >= 15 is 0 Å². The van der Waals surface area contributed by atoms with Gasteiger partial charge in [-0.2, -0.15) is 0 Å². The van der Waals surface area contributed by atoms with Crippen LogP contribution in [0.1, 0.15) is 46.5 Å². The Morgan fingerprint density at radius 2 is 2.00 bits per heavy atom. The number of hydrogen-bond donors (Lipinski definition) is 0. The number of epoxide rings is 1. The Balaban J connectivity index is 2.19. The van der Waals surface area contributed by atoms with Crippen LogP contribution in [0.2, 0.25) is 0 Å². The van der Waals surface area contributed by atoms with Crippen LogP contribution in [0, 0.1) is 0 Å². The van der Waals surface area contributed by atoms with Crippen LogP contribution in [-0.2, 0) is 4.74 Å². The lowest BCUT2D eigenvalue weighted by molar-refractivity contribution is 0.292. The molecule has 1 nitrogen and oxygen atoms in total. The van der Waals surface area contributed by atoms with Gasteiger partial charge in [0, 0.05) is 0 Å². The lowest BCUT2D eigenvalue weighted by Crippen LogP contribution is -2.08. The summed E-state index contributed by atoms with van der Waals surface area (Å²) in [6, 6.07) is 0.